The Labute approximate surface area is 77.5 Å². The van der Waals surface area contributed by atoms with E-state index in [9.17, 15) is 8.42 Å². The molecule has 1 aromatic rings. The topological polar surface area (TPSA) is 74.8 Å². The molecule has 0 aliphatic heterocycles. The molecule has 13 heavy (non-hydrogen) atoms. The number of H-pyrrole nitrogens is 1. The van der Waals surface area contributed by atoms with Gasteiger partial charge in [0.05, 0.1) is 5.75 Å². The minimum absolute atomic E-state index is 0.168. The van der Waals surface area contributed by atoms with Crippen molar-refractivity contribution < 1.29 is 8.42 Å². The molecule has 1 rings (SSSR count). The van der Waals surface area contributed by atoms with E-state index in [2.05, 4.69) is 15.5 Å². The van der Waals surface area contributed by atoms with E-state index in [0.717, 1.165) is 5.69 Å². The summed E-state index contributed by atoms with van der Waals surface area (Å²) in [6, 6.07) is 1.84. The van der Waals surface area contributed by atoms with E-state index in [4.69, 9.17) is 0 Å². The predicted octanol–water partition coefficient (Wildman–Crippen LogP) is -0.456. The first-order valence-corrected chi connectivity index (χ1v) is 6.01. The molecule has 0 saturated heterocycles. The van der Waals surface area contributed by atoms with Crippen molar-refractivity contribution in [2.24, 2.45) is 0 Å². The summed E-state index contributed by atoms with van der Waals surface area (Å²) in [6.45, 7) is 1.09. The van der Waals surface area contributed by atoms with E-state index >= 15 is 0 Å². The van der Waals surface area contributed by atoms with Gasteiger partial charge in [0.2, 0.25) is 0 Å². The van der Waals surface area contributed by atoms with Crippen LogP contribution in [0.25, 0.3) is 0 Å². The zero-order valence-corrected chi connectivity index (χ0v) is 8.26. The fraction of sp³-hybridized carbons (Fsp3) is 0.571. The molecule has 0 unspecified atom stereocenters. The van der Waals surface area contributed by atoms with Gasteiger partial charge in [0, 0.05) is 31.2 Å². The Morgan fingerprint density at radius 2 is 2.38 bits per heavy atom. The Hall–Kier alpha value is -0.880. The smallest absolute Gasteiger partial charge is 0.148 e. The predicted molar refractivity (Wildman–Crippen MR) is 50.0 cm³/mol. The fourth-order valence-electron chi connectivity index (χ4n) is 0.864. The first kappa shape index (κ1) is 10.2. The summed E-state index contributed by atoms with van der Waals surface area (Å²) in [5.74, 6) is 0.168. The van der Waals surface area contributed by atoms with Gasteiger partial charge in [-0.2, -0.15) is 5.10 Å². The van der Waals surface area contributed by atoms with Crippen LogP contribution < -0.4 is 5.32 Å². The van der Waals surface area contributed by atoms with Crippen LogP contribution in [0.4, 0.5) is 0 Å². The largest absolute Gasteiger partial charge is 0.310 e. The molecule has 0 atom stereocenters. The third-order valence-corrected chi connectivity index (χ3v) is 2.47. The number of nitrogens with one attached hydrogen (secondary N) is 2. The summed E-state index contributed by atoms with van der Waals surface area (Å²) in [7, 11) is -2.85. The van der Waals surface area contributed by atoms with E-state index in [1.165, 1.54) is 6.26 Å². The summed E-state index contributed by atoms with van der Waals surface area (Å²) in [5.41, 5.74) is 0.952. The molecule has 0 radical (unpaired) electrons. The summed E-state index contributed by atoms with van der Waals surface area (Å²) in [5, 5.41) is 9.53. The highest BCUT2D eigenvalue weighted by Crippen LogP contribution is 1.89. The molecule has 0 bridgehead atoms. The molecule has 1 heterocycles. The van der Waals surface area contributed by atoms with E-state index in [1.807, 2.05) is 6.07 Å². The summed E-state index contributed by atoms with van der Waals surface area (Å²) < 4.78 is 21.5. The van der Waals surface area contributed by atoms with E-state index < -0.39 is 9.84 Å². The molecule has 0 aliphatic rings. The van der Waals surface area contributed by atoms with Crippen molar-refractivity contribution >= 4 is 9.84 Å². The first-order valence-electron chi connectivity index (χ1n) is 3.94. The van der Waals surface area contributed by atoms with Crippen LogP contribution in [0.3, 0.4) is 0 Å². The van der Waals surface area contributed by atoms with Gasteiger partial charge >= 0.3 is 0 Å². The Bertz CT molecular complexity index is 331. The van der Waals surface area contributed by atoms with Crippen molar-refractivity contribution in [1.29, 1.82) is 0 Å². The molecule has 6 heteroatoms. The molecule has 5 nitrogen and oxygen atoms in total. The molecule has 0 aliphatic carbocycles. The Morgan fingerprint density at radius 1 is 1.62 bits per heavy atom. The summed E-state index contributed by atoms with van der Waals surface area (Å²) in [4.78, 5) is 0. The maximum atomic E-state index is 10.7. The minimum Gasteiger partial charge on any atom is -0.310 e. The molecule has 0 aromatic carbocycles. The van der Waals surface area contributed by atoms with Gasteiger partial charge < -0.3 is 5.32 Å². The van der Waals surface area contributed by atoms with E-state index in [0.29, 0.717) is 13.1 Å². The van der Waals surface area contributed by atoms with Gasteiger partial charge in [0.15, 0.2) is 0 Å². The van der Waals surface area contributed by atoms with Crippen LogP contribution in [0.5, 0.6) is 0 Å². The lowest BCUT2D eigenvalue weighted by atomic mass is 10.4. The quantitative estimate of drug-likeness (QED) is 0.635. The van der Waals surface area contributed by atoms with Gasteiger partial charge in [-0.25, -0.2) is 8.42 Å². The minimum atomic E-state index is -2.85. The van der Waals surface area contributed by atoms with Crippen molar-refractivity contribution in [3.05, 3.63) is 18.0 Å². The molecule has 0 fully saturated rings. The number of rotatable bonds is 5. The lowest BCUT2D eigenvalue weighted by Crippen LogP contribution is -2.22. The average Bonchev–Trinajstić information content (AvgIpc) is 2.48. The lowest BCUT2D eigenvalue weighted by molar-refractivity contribution is 0.595. The van der Waals surface area contributed by atoms with E-state index in [-0.39, 0.29) is 5.75 Å². The first-order chi connectivity index (χ1) is 6.08. The van der Waals surface area contributed by atoms with Crippen molar-refractivity contribution in [3.63, 3.8) is 0 Å². The fourth-order valence-corrected chi connectivity index (χ4v) is 1.38. The second-order valence-electron chi connectivity index (χ2n) is 2.89. The maximum absolute atomic E-state index is 10.7. The number of hydrogen-bond acceptors (Lipinski definition) is 4. The molecule has 0 spiro atoms. The van der Waals surface area contributed by atoms with Crippen molar-refractivity contribution in [2.75, 3.05) is 18.6 Å². The third-order valence-electron chi connectivity index (χ3n) is 1.52. The van der Waals surface area contributed by atoms with Gasteiger partial charge in [-0.15, -0.1) is 0 Å². The average molecular weight is 203 g/mol. The van der Waals surface area contributed by atoms with Gasteiger partial charge in [-0.1, -0.05) is 0 Å². The molecule has 2 N–H and O–H groups in total. The SMILES string of the molecule is CS(=O)(=O)CCNCc1ccn[nH]1. The number of aromatic nitrogens is 2. The number of sulfone groups is 1. The highest BCUT2D eigenvalue weighted by Gasteiger charge is 2.00. The second kappa shape index (κ2) is 4.38. The Kier molecular flexibility index (Phi) is 3.44. The van der Waals surface area contributed by atoms with Gasteiger partial charge in [-0.3, -0.25) is 5.10 Å². The maximum Gasteiger partial charge on any atom is 0.148 e. The highest BCUT2D eigenvalue weighted by atomic mass is 32.2. The second-order valence-corrected chi connectivity index (χ2v) is 5.15. The molecule has 0 amide bonds. The van der Waals surface area contributed by atoms with E-state index in [1.54, 1.807) is 6.20 Å². The molecular weight excluding hydrogens is 190 g/mol. The lowest BCUT2D eigenvalue weighted by Gasteiger charge is -2.00. The zero-order chi connectivity index (χ0) is 9.73. The third kappa shape index (κ3) is 4.64. The van der Waals surface area contributed by atoms with Crippen molar-refractivity contribution in [3.8, 4) is 0 Å². The monoisotopic (exact) mass is 203 g/mol. The summed E-state index contributed by atoms with van der Waals surface area (Å²) >= 11 is 0. The van der Waals surface area contributed by atoms with Crippen molar-refractivity contribution in [1.82, 2.24) is 15.5 Å². The standard InChI is InChI=1S/C7H13N3O2S/c1-13(11,12)5-4-8-6-7-2-3-9-10-7/h2-3,8H,4-6H2,1H3,(H,9,10). The Balaban J connectivity index is 2.16. The van der Waals surface area contributed by atoms with Gasteiger partial charge in [0.25, 0.3) is 0 Å². The van der Waals surface area contributed by atoms with Gasteiger partial charge in [-0.05, 0) is 6.07 Å². The van der Waals surface area contributed by atoms with Crippen LogP contribution in [-0.2, 0) is 16.4 Å². The molecule has 0 saturated carbocycles. The van der Waals surface area contributed by atoms with Crippen LogP contribution in [0.1, 0.15) is 5.69 Å². The number of hydrogen-bond donors (Lipinski definition) is 2. The summed E-state index contributed by atoms with van der Waals surface area (Å²) in [6.07, 6.45) is 2.89. The van der Waals surface area contributed by atoms with Crippen LogP contribution in [0.15, 0.2) is 12.3 Å². The molecular formula is C7H13N3O2S. The highest BCUT2D eigenvalue weighted by molar-refractivity contribution is 7.90. The van der Waals surface area contributed by atoms with Crippen LogP contribution in [0.2, 0.25) is 0 Å². The van der Waals surface area contributed by atoms with Crippen LogP contribution >= 0.6 is 0 Å². The molecule has 1 aromatic heterocycles. The zero-order valence-electron chi connectivity index (χ0n) is 7.45. The normalized spacial score (nSPS) is 11.8. The van der Waals surface area contributed by atoms with Crippen molar-refractivity contribution in [2.45, 2.75) is 6.54 Å². The van der Waals surface area contributed by atoms with Crippen LogP contribution in [0, 0.1) is 0 Å². The molecule has 74 valence electrons. The van der Waals surface area contributed by atoms with Gasteiger partial charge in [0.1, 0.15) is 9.84 Å². The number of nitrogens with zero attached hydrogens (tertiary/aromatic N) is 1. The van der Waals surface area contributed by atoms with Crippen LogP contribution in [-0.4, -0.2) is 37.2 Å². The number of aromatic amines is 1. The Morgan fingerprint density at radius 3 is 2.92 bits per heavy atom.